The molecule has 0 fully saturated rings. The highest BCUT2D eigenvalue weighted by Crippen LogP contribution is 2.22. The van der Waals surface area contributed by atoms with Crippen LogP contribution in [0, 0.1) is 5.82 Å². The SMILES string of the molecule is NC(=Nc1ccc(F)c(Cl)c1)c1nonc1CCn1nnnc1N. The van der Waals surface area contributed by atoms with Crippen LogP contribution < -0.4 is 11.5 Å². The van der Waals surface area contributed by atoms with E-state index in [4.69, 9.17) is 27.7 Å². The van der Waals surface area contributed by atoms with Crippen LogP contribution in [0.4, 0.5) is 16.0 Å². The molecule has 0 aliphatic rings. The Kier molecular flexibility index (Phi) is 4.33. The molecule has 0 unspecified atom stereocenters. The Morgan fingerprint density at radius 2 is 2.21 bits per heavy atom. The molecule has 0 saturated heterocycles. The van der Waals surface area contributed by atoms with Gasteiger partial charge in [-0.2, -0.15) is 0 Å². The molecule has 0 bridgehead atoms. The molecule has 2 aromatic heterocycles. The van der Waals surface area contributed by atoms with E-state index in [2.05, 4.69) is 30.8 Å². The van der Waals surface area contributed by atoms with E-state index in [1.54, 1.807) is 0 Å². The van der Waals surface area contributed by atoms with Crippen molar-refractivity contribution in [1.82, 2.24) is 30.5 Å². The number of hydrogen-bond acceptors (Lipinski definition) is 8. The summed E-state index contributed by atoms with van der Waals surface area (Å²) >= 11 is 5.71. The molecule has 0 atom stereocenters. The fraction of sp³-hybridized carbons (Fsp3) is 0.167. The van der Waals surface area contributed by atoms with E-state index in [9.17, 15) is 4.39 Å². The van der Waals surface area contributed by atoms with E-state index in [1.807, 2.05) is 0 Å². The monoisotopic (exact) mass is 351 g/mol. The summed E-state index contributed by atoms with van der Waals surface area (Å²) in [5, 5.41) is 18.2. The number of benzene rings is 1. The fourth-order valence-electron chi connectivity index (χ4n) is 1.89. The molecule has 0 aliphatic heterocycles. The lowest BCUT2D eigenvalue weighted by atomic mass is 10.2. The van der Waals surface area contributed by atoms with Crippen molar-refractivity contribution in [2.24, 2.45) is 10.7 Å². The number of rotatable bonds is 5. The van der Waals surface area contributed by atoms with Crippen molar-refractivity contribution < 1.29 is 9.02 Å². The molecule has 3 rings (SSSR count). The molecule has 124 valence electrons. The third-order valence-corrected chi connectivity index (χ3v) is 3.36. The Bertz CT molecular complexity index is 890. The summed E-state index contributed by atoms with van der Waals surface area (Å²) in [6.07, 6.45) is 0.370. The van der Waals surface area contributed by atoms with Crippen molar-refractivity contribution in [2.45, 2.75) is 13.0 Å². The molecule has 1 aromatic carbocycles. The summed E-state index contributed by atoms with van der Waals surface area (Å²) in [6.45, 7) is 0.357. The van der Waals surface area contributed by atoms with Gasteiger partial charge in [-0.1, -0.05) is 21.9 Å². The number of nitrogens with zero attached hydrogens (tertiary/aromatic N) is 7. The van der Waals surface area contributed by atoms with Gasteiger partial charge in [0, 0.05) is 6.42 Å². The Morgan fingerprint density at radius 3 is 2.92 bits per heavy atom. The normalized spacial score (nSPS) is 11.8. The number of aryl methyl sites for hydroxylation is 2. The molecule has 10 nitrogen and oxygen atoms in total. The van der Waals surface area contributed by atoms with Crippen LogP contribution in [0.3, 0.4) is 0 Å². The fourth-order valence-corrected chi connectivity index (χ4v) is 2.07. The summed E-state index contributed by atoms with van der Waals surface area (Å²) in [6, 6.07) is 3.97. The molecule has 0 aliphatic carbocycles. The lowest BCUT2D eigenvalue weighted by molar-refractivity contribution is 0.302. The number of hydrogen-bond donors (Lipinski definition) is 2. The highest BCUT2D eigenvalue weighted by molar-refractivity contribution is 6.31. The van der Waals surface area contributed by atoms with Gasteiger partial charge in [0.2, 0.25) is 5.95 Å². The van der Waals surface area contributed by atoms with Gasteiger partial charge < -0.3 is 11.5 Å². The molecule has 3 aromatic rings. The zero-order valence-corrected chi connectivity index (χ0v) is 12.9. The van der Waals surface area contributed by atoms with Crippen LogP contribution in [0.25, 0.3) is 0 Å². The smallest absolute Gasteiger partial charge is 0.240 e. The maximum Gasteiger partial charge on any atom is 0.240 e. The first-order valence-electron chi connectivity index (χ1n) is 6.67. The second-order valence-corrected chi connectivity index (χ2v) is 5.07. The summed E-state index contributed by atoms with van der Waals surface area (Å²) in [4.78, 5) is 4.14. The van der Waals surface area contributed by atoms with Crippen molar-refractivity contribution in [3.63, 3.8) is 0 Å². The van der Waals surface area contributed by atoms with Gasteiger partial charge in [0.25, 0.3) is 0 Å². The van der Waals surface area contributed by atoms with Gasteiger partial charge in [-0.05, 0) is 33.8 Å². The van der Waals surface area contributed by atoms with E-state index in [0.29, 0.717) is 24.3 Å². The summed E-state index contributed by atoms with van der Waals surface area (Å²) < 4.78 is 19.3. The number of tetrazole rings is 1. The quantitative estimate of drug-likeness (QED) is 0.504. The van der Waals surface area contributed by atoms with Crippen molar-refractivity contribution >= 4 is 29.1 Å². The van der Waals surface area contributed by atoms with Crippen LogP contribution in [0.2, 0.25) is 5.02 Å². The highest BCUT2D eigenvalue weighted by Gasteiger charge is 2.15. The largest absolute Gasteiger partial charge is 0.382 e. The van der Waals surface area contributed by atoms with Gasteiger partial charge in [0.15, 0.2) is 11.5 Å². The van der Waals surface area contributed by atoms with E-state index < -0.39 is 5.82 Å². The number of aliphatic imine (C=N–C) groups is 1. The molecular weight excluding hydrogens is 341 g/mol. The predicted molar refractivity (Wildman–Crippen MR) is 82.0 cm³/mol. The van der Waals surface area contributed by atoms with Gasteiger partial charge in [0.1, 0.15) is 11.5 Å². The second-order valence-electron chi connectivity index (χ2n) is 4.67. The topological polar surface area (TPSA) is 147 Å². The molecule has 0 saturated carbocycles. The minimum absolute atomic E-state index is 0.0543. The van der Waals surface area contributed by atoms with Gasteiger partial charge >= 0.3 is 0 Å². The van der Waals surface area contributed by atoms with Gasteiger partial charge in [-0.3, -0.25) is 0 Å². The first kappa shape index (κ1) is 15.8. The van der Waals surface area contributed by atoms with Crippen molar-refractivity contribution in [3.05, 3.63) is 40.4 Å². The standard InChI is InChI=1S/C12H11ClFN9O/c13-7-5-6(1-2-8(7)14)17-11(15)10-9(19-24-20-10)3-4-23-12(16)18-21-22-23/h1-2,5H,3-4H2,(H2,15,17)(H2,16,18,22). The zero-order valence-electron chi connectivity index (χ0n) is 12.1. The summed E-state index contributed by atoms with van der Waals surface area (Å²) in [5.74, 6) is -0.314. The minimum atomic E-state index is -0.544. The highest BCUT2D eigenvalue weighted by atomic mass is 35.5. The van der Waals surface area contributed by atoms with E-state index in [-0.39, 0.29) is 22.5 Å². The van der Waals surface area contributed by atoms with Crippen molar-refractivity contribution in [2.75, 3.05) is 5.73 Å². The third-order valence-electron chi connectivity index (χ3n) is 3.07. The van der Waals surface area contributed by atoms with Gasteiger partial charge in [-0.15, -0.1) is 0 Å². The van der Waals surface area contributed by atoms with Crippen LogP contribution in [0.5, 0.6) is 0 Å². The van der Waals surface area contributed by atoms with Crippen molar-refractivity contribution in [1.29, 1.82) is 0 Å². The zero-order chi connectivity index (χ0) is 17.1. The maximum absolute atomic E-state index is 13.2. The third kappa shape index (κ3) is 3.30. The molecule has 4 N–H and O–H groups in total. The molecule has 0 spiro atoms. The number of nitrogens with two attached hydrogens (primary N) is 2. The van der Waals surface area contributed by atoms with Crippen LogP contribution >= 0.6 is 11.6 Å². The number of anilines is 1. The van der Waals surface area contributed by atoms with E-state index >= 15 is 0 Å². The van der Waals surface area contributed by atoms with E-state index in [1.165, 1.54) is 22.9 Å². The predicted octanol–water partition coefficient (Wildman–Crippen LogP) is 0.711. The lowest BCUT2D eigenvalue weighted by Crippen LogP contribution is -2.17. The molecule has 2 heterocycles. The minimum Gasteiger partial charge on any atom is -0.382 e. The number of amidine groups is 1. The Hall–Kier alpha value is -3.08. The molecule has 24 heavy (non-hydrogen) atoms. The van der Waals surface area contributed by atoms with Crippen LogP contribution in [-0.4, -0.2) is 36.4 Å². The molecular formula is C12H11ClFN9O. The average Bonchev–Trinajstić information content (AvgIpc) is 3.17. The maximum atomic E-state index is 13.2. The molecule has 0 radical (unpaired) electrons. The first-order chi connectivity index (χ1) is 11.5. The molecule has 0 amide bonds. The van der Waals surface area contributed by atoms with E-state index in [0.717, 1.165) is 0 Å². The van der Waals surface area contributed by atoms with Gasteiger partial charge in [0.05, 0.1) is 17.3 Å². The Balaban J connectivity index is 1.79. The Morgan fingerprint density at radius 1 is 1.38 bits per heavy atom. The molecule has 12 heteroatoms. The average molecular weight is 352 g/mol. The number of halogens is 2. The van der Waals surface area contributed by atoms with Crippen LogP contribution in [0.15, 0.2) is 27.8 Å². The van der Waals surface area contributed by atoms with Crippen LogP contribution in [0.1, 0.15) is 11.4 Å². The van der Waals surface area contributed by atoms with Gasteiger partial charge in [-0.25, -0.2) is 18.7 Å². The number of nitrogen functional groups attached to an aromatic ring is 1. The summed E-state index contributed by atoms with van der Waals surface area (Å²) in [5.41, 5.74) is 12.6. The second kappa shape index (κ2) is 6.58. The van der Waals surface area contributed by atoms with Crippen LogP contribution in [-0.2, 0) is 13.0 Å². The lowest BCUT2D eigenvalue weighted by Gasteiger charge is -2.02. The Labute approximate surface area is 139 Å². The number of aromatic nitrogens is 6. The summed E-state index contributed by atoms with van der Waals surface area (Å²) in [7, 11) is 0. The van der Waals surface area contributed by atoms with Crippen molar-refractivity contribution in [3.8, 4) is 0 Å². The first-order valence-corrected chi connectivity index (χ1v) is 7.05.